The first-order valence-corrected chi connectivity index (χ1v) is 33.2. The summed E-state index contributed by atoms with van der Waals surface area (Å²) in [6.07, 6.45) is 16.5. The number of aromatic nitrogens is 2. The molecule has 5 N–H and O–H groups in total. The number of aliphatic imine (C=N–C) groups is 2. The molecule has 6 atom stereocenters. The third-order valence-corrected chi connectivity index (χ3v) is 19.5. The summed E-state index contributed by atoms with van der Waals surface area (Å²) in [6, 6.07) is 22.7. The quantitative estimate of drug-likeness (QED) is 0.0319. The van der Waals surface area contributed by atoms with Crippen LogP contribution in [0.3, 0.4) is 0 Å². The third kappa shape index (κ3) is 16.0. The highest BCUT2D eigenvalue weighted by molar-refractivity contribution is 8.00. The van der Waals surface area contributed by atoms with Gasteiger partial charge in [0.2, 0.25) is 29.6 Å². The number of carbonyl (C=O) groups is 5. The fourth-order valence-electron chi connectivity index (χ4n) is 11.9. The second-order valence-corrected chi connectivity index (χ2v) is 26.5. The van der Waals surface area contributed by atoms with Crippen molar-refractivity contribution in [2.24, 2.45) is 15.9 Å². The van der Waals surface area contributed by atoms with Crippen molar-refractivity contribution in [1.29, 1.82) is 0 Å². The molecule has 21 nitrogen and oxygen atoms in total. The van der Waals surface area contributed by atoms with E-state index < -0.39 is 23.9 Å². The van der Waals surface area contributed by atoms with Crippen LogP contribution in [0.4, 0.5) is 28.8 Å². The third-order valence-electron chi connectivity index (χ3n) is 16.9. The number of rotatable bonds is 22. The number of hydrogen-bond acceptors (Lipinski definition) is 18. The zero-order valence-corrected chi connectivity index (χ0v) is 53.9. The average molecular weight is 1270 g/mol. The minimum atomic E-state index is -0.891. The number of fused-ring (bicyclic) bond motifs is 8. The zero-order chi connectivity index (χ0) is 63.5. The first kappa shape index (κ1) is 64.0. The molecule has 0 radical (unpaired) electrons. The van der Waals surface area contributed by atoms with Gasteiger partial charge in [-0.25, -0.2) is 4.98 Å². The molecule has 1 fully saturated rings. The Hall–Kier alpha value is -8.57. The molecule has 1 aromatic heterocycles. The molecule has 91 heavy (non-hydrogen) atoms. The maximum Gasteiger partial charge on any atom is 0.260 e. The van der Waals surface area contributed by atoms with Gasteiger partial charge in [0.15, 0.2) is 23.0 Å². The van der Waals surface area contributed by atoms with Gasteiger partial charge in [-0.05, 0) is 104 Å². The second-order valence-electron chi connectivity index (χ2n) is 23.8. The SMILES string of the molecule is COc1ccc(C2=CN3C(=O)c4cc(OC)c(OCCCOc5cc6c(cc5OC)CN5C=C(c7ccc(NC(=O)[C@H](C)NC(=O)[C@@H](NC(=O)CCCNc8nc9cc(n8)SC8CCCCC(C8)SCCC(=O)N9)C(C)C)cc7)C[C@H]5C=N6)cc4N=C[C@@H]3C2)cc1. The molecule has 0 saturated heterocycles. The van der Waals surface area contributed by atoms with E-state index in [1.165, 1.54) is 19.3 Å². The first-order chi connectivity index (χ1) is 44.2. The largest absolute Gasteiger partial charge is 0.497 e. The predicted molar refractivity (Wildman–Crippen MR) is 357 cm³/mol. The minimum absolute atomic E-state index is 0.0145. The van der Waals surface area contributed by atoms with Gasteiger partial charge in [-0.3, -0.25) is 34.0 Å². The lowest BCUT2D eigenvalue weighted by atomic mass is 10.0. The Bertz CT molecular complexity index is 3640. The topological polar surface area (TPSA) is 249 Å². The van der Waals surface area contributed by atoms with Gasteiger partial charge < -0.3 is 60.1 Å². The van der Waals surface area contributed by atoms with Crippen LogP contribution in [0, 0.1) is 5.92 Å². The van der Waals surface area contributed by atoms with Gasteiger partial charge in [0, 0.05) is 109 Å². The Morgan fingerprint density at radius 2 is 1.41 bits per heavy atom. The summed E-state index contributed by atoms with van der Waals surface area (Å²) in [5, 5.41) is 16.6. The van der Waals surface area contributed by atoms with Crippen LogP contribution in [0.25, 0.3) is 11.1 Å². The number of amides is 5. The lowest BCUT2D eigenvalue weighted by Crippen LogP contribution is -2.53. The summed E-state index contributed by atoms with van der Waals surface area (Å²) >= 11 is 3.65. The number of ether oxygens (including phenoxy) is 5. The standard InChI is InChI=1S/C68H79N11O10S2/c1-40(2)64(76-61(80)13-9-23-69-68-75-60-34-63(77-68)91-52-12-8-7-11-51(30-52)90-26-22-62(81)74-60)66(83)72-41(3)65(82)73-47-18-14-42(15-19-47)44-27-48-35-70-54-32-58(56(86-5)29-46(54)38-78(48)37-44)88-24-10-25-89-59-33-55-53(31-57(59)87-6)67(84)79-39-45(28-49(79)36-71-55)43-16-20-50(85-4)21-17-43/h14-21,29,31-37,39-41,48-49,51-52,64H,7-13,22-28,30,38H2,1-6H3,(H,72,83)(H,73,82)(H,76,80)(H2,69,74,75,77,81)/t41-,48-,49-,51?,52?,64-/m0/s1. The normalized spacial score (nSPS) is 19.8. The molecule has 1 saturated carbocycles. The number of nitrogens with zero attached hydrogens (tertiary/aromatic N) is 6. The fourth-order valence-corrected chi connectivity index (χ4v) is 14.7. The van der Waals surface area contributed by atoms with Crippen LogP contribution in [0.1, 0.15) is 118 Å². The molecule has 6 aliphatic rings. The molecule has 4 aromatic carbocycles. The molecule has 4 bridgehead atoms. The molecular formula is C68H79N11O10S2. The predicted octanol–water partition coefficient (Wildman–Crippen LogP) is 11.0. The van der Waals surface area contributed by atoms with Crippen LogP contribution >= 0.6 is 23.5 Å². The van der Waals surface area contributed by atoms with Gasteiger partial charge in [0.25, 0.3) is 5.91 Å². The fraction of sp³-hybridized carbons (Fsp3) is 0.426. The number of nitrogens with one attached hydrogen (secondary N) is 5. The highest BCUT2D eigenvalue weighted by Crippen LogP contribution is 2.43. The Balaban J connectivity index is 0.618. The van der Waals surface area contributed by atoms with Gasteiger partial charge in [-0.15, -0.1) is 11.8 Å². The molecule has 5 aromatic rings. The zero-order valence-electron chi connectivity index (χ0n) is 52.3. The van der Waals surface area contributed by atoms with Crippen molar-refractivity contribution in [3.8, 4) is 28.7 Å². The average Bonchev–Trinajstić information content (AvgIpc) is 1.70. The molecule has 23 heteroatoms. The van der Waals surface area contributed by atoms with E-state index in [4.69, 9.17) is 38.7 Å². The monoisotopic (exact) mass is 1270 g/mol. The van der Waals surface area contributed by atoms with Crippen molar-refractivity contribution in [1.82, 2.24) is 30.4 Å². The highest BCUT2D eigenvalue weighted by atomic mass is 32.2. The minimum Gasteiger partial charge on any atom is -0.497 e. The van der Waals surface area contributed by atoms with Crippen LogP contribution in [0.15, 0.2) is 106 Å². The first-order valence-electron chi connectivity index (χ1n) is 31.3. The maximum atomic E-state index is 13.9. The summed E-state index contributed by atoms with van der Waals surface area (Å²) in [7, 11) is 4.80. The molecule has 11 rings (SSSR count). The lowest BCUT2D eigenvalue weighted by Gasteiger charge is -2.24. The molecule has 5 amide bonds. The van der Waals surface area contributed by atoms with Crippen molar-refractivity contribution < 1.29 is 47.7 Å². The van der Waals surface area contributed by atoms with Crippen LogP contribution in [0.2, 0.25) is 0 Å². The van der Waals surface area contributed by atoms with E-state index in [9.17, 15) is 24.0 Å². The van der Waals surface area contributed by atoms with Gasteiger partial charge >= 0.3 is 0 Å². The van der Waals surface area contributed by atoms with E-state index in [1.807, 2.05) is 111 Å². The highest BCUT2D eigenvalue weighted by Gasteiger charge is 2.35. The van der Waals surface area contributed by atoms with Crippen molar-refractivity contribution >= 4 is 105 Å². The van der Waals surface area contributed by atoms with Crippen LogP contribution in [-0.4, -0.2) is 143 Å². The summed E-state index contributed by atoms with van der Waals surface area (Å²) < 4.78 is 29.3. The Kier molecular flexibility index (Phi) is 20.8. The van der Waals surface area contributed by atoms with E-state index in [0.717, 1.165) is 69.3 Å². The molecule has 6 heterocycles. The van der Waals surface area contributed by atoms with Gasteiger partial charge in [-0.2, -0.15) is 16.7 Å². The Labute approximate surface area is 539 Å². The number of thioether (sulfide) groups is 2. The number of methoxy groups -OCH3 is 3. The van der Waals surface area contributed by atoms with E-state index in [1.54, 1.807) is 57.0 Å². The van der Waals surface area contributed by atoms with Crippen molar-refractivity contribution in [2.75, 3.05) is 62.8 Å². The number of carbonyl (C=O) groups excluding carboxylic acids is 5. The van der Waals surface area contributed by atoms with Crippen molar-refractivity contribution in [3.63, 3.8) is 0 Å². The molecular weight excluding hydrogens is 1190 g/mol. The number of hydrogen-bond donors (Lipinski definition) is 5. The van der Waals surface area contributed by atoms with Crippen LogP contribution in [-0.2, 0) is 25.7 Å². The Morgan fingerprint density at radius 1 is 0.725 bits per heavy atom. The van der Waals surface area contributed by atoms with Gasteiger partial charge in [0.05, 0.1) is 63.6 Å². The molecule has 478 valence electrons. The molecule has 0 spiro atoms. The second kappa shape index (κ2) is 29.6. The summed E-state index contributed by atoms with van der Waals surface area (Å²) in [5.74, 6) is 2.85. The van der Waals surface area contributed by atoms with E-state index >= 15 is 0 Å². The molecule has 1 aliphatic carbocycles. The molecule has 5 aliphatic heterocycles. The van der Waals surface area contributed by atoms with Crippen LogP contribution < -0.4 is 50.3 Å². The number of benzene rings is 4. The smallest absolute Gasteiger partial charge is 0.260 e. The summed E-state index contributed by atoms with van der Waals surface area (Å²) in [4.78, 5) is 89.8. The Morgan fingerprint density at radius 3 is 2.14 bits per heavy atom. The van der Waals surface area contributed by atoms with Crippen molar-refractivity contribution in [3.05, 3.63) is 114 Å². The number of anilines is 3. The van der Waals surface area contributed by atoms with Crippen LogP contribution in [0.5, 0.6) is 28.7 Å². The van der Waals surface area contributed by atoms with E-state index in [-0.39, 0.29) is 42.1 Å². The summed E-state index contributed by atoms with van der Waals surface area (Å²) in [5.41, 5.74) is 7.49. The van der Waals surface area contributed by atoms with E-state index in [0.29, 0.717) is 114 Å². The maximum absolute atomic E-state index is 13.9. The van der Waals surface area contributed by atoms with Gasteiger partial charge in [-0.1, -0.05) is 51.0 Å². The molecule has 2 unspecified atom stereocenters. The summed E-state index contributed by atoms with van der Waals surface area (Å²) in [6.45, 7) is 6.94. The lowest BCUT2D eigenvalue weighted by molar-refractivity contribution is -0.131. The van der Waals surface area contributed by atoms with Gasteiger partial charge in [0.1, 0.15) is 28.7 Å². The van der Waals surface area contributed by atoms with E-state index in [2.05, 4.69) is 42.7 Å². The van der Waals surface area contributed by atoms with Crippen molar-refractivity contribution in [2.45, 2.75) is 138 Å².